The van der Waals surface area contributed by atoms with Crippen LogP contribution in [0, 0.1) is 13.8 Å². The summed E-state index contributed by atoms with van der Waals surface area (Å²) < 4.78 is 0.875. The normalized spacial score (nSPS) is 10.4. The zero-order valence-corrected chi connectivity index (χ0v) is 12.1. The number of anilines is 1. The number of nitrogens with zero attached hydrogens (tertiary/aromatic N) is 4. The van der Waals surface area contributed by atoms with Gasteiger partial charge < -0.3 is 5.32 Å². The van der Waals surface area contributed by atoms with E-state index < -0.39 is 0 Å². The number of aryl methyl sites for hydroxylation is 2. The summed E-state index contributed by atoms with van der Waals surface area (Å²) in [6.45, 7) is 6.68. The molecule has 0 saturated carbocycles. The van der Waals surface area contributed by atoms with Crippen molar-refractivity contribution in [3.8, 4) is 11.6 Å². The summed E-state index contributed by atoms with van der Waals surface area (Å²) >= 11 is 3.47. The van der Waals surface area contributed by atoms with Gasteiger partial charge in [0.25, 0.3) is 0 Å². The molecule has 0 aromatic carbocycles. The molecule has 2 heterocycles. The van der Waals surface area contributed by atoms with E-state index in [2.05, 4.69) is 41.2 Å². The molecule has 1 N–H and O–H groups in total. The topological polar surface area (TPSA) is 63.6 Å². The maximum atomic E-state index is 4.43. The maximum absolute atomic E-state index is 4.43. The molecule has 0 radical (unpaired) electrons. The highest BCUT2D eigenvalue weighted by Gasteiger charge is 2.11. The predicted molar refractivity (Wildman–Crippen MR) is 74.4 cm³/mol. The fourth-order valence-corrected chi connectivity index (χ4v) is 1.77. The molecule has 0 bridgehead atoms. The summed E-state index contributed by atoms with van der Waals surface area (Å²) in [6.07, 6.45) is 3.52. The van der Waals surface area contributed by atoms with Gasteiger partial charge in [0.2, 0.25) is 0 Å². The van der Waals surface area contributed by atoms with Gasteiger partial charge in [-0.25, -0.2) is 19.9 Å². The Morgan fingerprint density at radius 3 is 2.39 bits per heavy atom. The first-order valence-electron chi connectivity index (χ1n) is 5.69. The van der Waals surface area contributed by atoms with E-state index in [4.69, 9.17) is 0 Å². The van der Waals surface area contributed by atoms with Crippen LogP contribution in [-0.2, 0) is 0 Å². The average molecular weight is 308 g/mol. The maximum Gasteiger partial charge on any atom is 0.199 e. The van der Waals surface area contributed by atoms with Crippen LogP contribution in [0.4, 0.5) is 5.82 Å². The fourth-order valence-electron chi connectivity index (χ4n) is 1.45. The van der Waals surface area contributed by atoms with Crippen molar-refractivity contribution in [2.75, 3.05) is 11.9 Å². The lowest BCUT2D eigenvalue weighted by molar-refractivity contribution is 1.02. The molecule has 0 fully saturated rings. The first-order valence-corrected chi connectivity index (χ1v) is 6.48. The minimum Gasteiger partial charge on any atom is -0.369 e. The molecule has 2 rings (SSSR count). The Morgan fingerprint density at radius 2 is 1.78 bits per heavy atom. The number of aromatic nitrogens is 4. The number of nitrogens with one attached hydrogen (secondary N) is 1. The Hall–Kier alpha value is -1.56. The van der Waals surface area contributed by atoms with Crippen LogP contribution in [0.1, 0.15) is 18.2 Å². The van der Waals surface area contributed by atoms with E-state index in [0.29, 0.717) is 11.6 Å². The minimum atomic E-state index is 0.534. The second-order valence-electron chi connectivity index (χ2n) is 3.91. The highest BCUT2D eigenvalue weighted by atomic mass is 79.9. The van der Waals surface area contributed by atoms with Crippen molar-refractivity contribution in [1.29, 1.82) is 0 Å². The predicted octanol–water partition coefficient (Wildman–Crippen LogP) is 2.74. The van der Waals surface area contributed by atoms with Crippen LogP contribution in [0.3, 0.4) is 0 Å². The van der Waals surface area contributed by atoms with Crippen molar-refractivity contribution in [2.24, 2.45) is 0 Å². The number of hydrogen-bond donors (Lipinski definition) is 1. The first-order chi connectivity index (χ1) is 8.61. The average Bonchev–Trinajstić information content (AvgIpc) is 2.36. The molecule has 2 aromatic heterocycles. The van der Waals surface area contributed by atoms with Crippen LogP contribution in [-0.4, -0.2) is 26.5 Å². The third-order valence-electron chi connectivity index (χ3n) is 2.34. The van der Waals surface area contributed by atoms with Crippen molar-refractivity contribution < 1.29 is 0 Å². The van der Waals surface area contributed by atoms with Gasteiger partial charge in [0.05, 0.1) is 10.2 Å². The fraction of sp³-hybridized carbons (Fsp3) is 0.333. The van der Waals surface area contributed by atoms with Crippen LogP contribution in [0.2, 0.25) is 0 Å². The van der Waals surface area contributed by atoms with Crippen molar-refractivity contribution in [3.63, 3.8) is 0 Å². The van der Waals surface area contributed by atoms with E-state index in [9.17, 15) is 0 Å². The van der Waals surface area contributed by atoms with Crippen LogP contribution < -0.4 is 5.32 Å². The summed E-state index contributed by atoms with van der Waals surface area (Å²) in [5.41, 5.74) is 1.87. The Labute approximate surface area is 114 Å². The quantitative estimate of drug-likeness (QED) is 0.944. The van der Waals surface area contributed by atoms with Gasteiger partial charge in [0.15, 0.2) is 11.6 Å². The van der Waals surface area contributed by atoms with Crippen LogP contribution in [0.15, 0.2) is 16.9 Å². The monoisotopic (exact) mass is 307 g/mol. The van der Waals surface area contributed by atoms with E-state index >= 15 is 0 Å². The van der Waals surface area contributed by atoms with E-state index in [0.717, 1.165) is 28.1 Å². The van der Waals surface area contributed by atoms with Gasteiger partial charge >= 0.3 is 0 Å². The number of rotatable bonds is 3. The van der Waals surface area contributed by atoms with E-state index in [1.165, 1.54) is 0 Å². The van der Waals surface area contributed by atoms with Gasteiger partial charge in [0, 0.05) is 18.9 Å². The zero-order valence-electron chi connectivity index (χ0n) is 10.5. The smallest absolute Gasteiger partial charge is 0.199 e. The molecule has 18 heavy (non-hydrogen) atoms. The van der Waals surface area contributed by atoms with E-state index in [1.807, 2.05) is 20.8 Å². The molecule has 0 aliphatic carbocycles. The largest absolute Gasteiger partial charge is 0.369 e. The van der Waals surface area contributed by atoms with Crippen molar-refractivity contribution in [1.82, 2.24) is 19.9 Å². The lowest BCUT2D eigenvalue weighted by Gasteiger charge is -2.09. The second kappa shape index (κ2) is 5.39. The minimum absolute atomic E-state index is 0.534. The van der Waals surface area contributed by atoms with E-state index in [1.54, 1.807) is 12.4 Å². The summed E-state index contributed by atoms with van der Waals surface area (Å²) in [5, 5.41) is 3.18. The highest BCUT2D eigenvalue weighted by Crippen LogP contribution is 2.25. The molecule has 6 heteroatoms. The van der Waals surface area contributed by atoms with Gasteiger partial charge in [-0.3, -0.25) is 0 Å². The summed E-state index contributed by atoms with van der Waals surface area (Å²) in [5.74, 6) is 1.84. The van der Waals surface area contributed by atoms with Crippen molar-refractivity contribution in [2.45, 2.75) is 20.8 Å². The molecule has 0 unspecified atom stereocenters. The Balaban J connectivity index is 2.48. The number of hydrogen-bond acceptors (Lipinski definition) is 5. The molecule has 0 aliphatic heterocycles. The lowest BCUT2D eigenvalue weighted by atomic mass is 10.3. The molecule has 0 amide bonds. The Morgan fingerprint density at radius 1 is 1.11 bits per heavy atom. The third-order valence-corrected chi connectivity index (χ3v) is 3.29. The molecular formula is C12H14BrN5. The lowest BCUT2D eigenvalue weighted by Crippen LogP contribution is -2.05. The molecule has 5 nitrogen and oxygen atoms in total. The summed E-state index contributed by atoms with van der Waals surface area (Å²) in [6, 6.07) is 0. The van der Waals surface area contributed by atoms with Gasteiger partial charge in [-0.05, 0) is 42.3 Å². The third kappa shape index (κ3) is 2.64. The second-order valence-corrected chi connectivity index (χ2v) is 4.70. The molecule has 0 saturated heterocycles. The van der Waals surface area contributed by atoms with Crippen molar-refractivity contribution >= 4 is 21.7 Å². The van der Waals surface area contributed by atoms with Gasteiger partial charge in [0.1, 0.15) is 5.82 Å². The highest BCUT2D eigenvalue weighted by molar-refractivity contribution is 9.10. The van der Waals surface area contributed by atoms with E-state index in [-0.39, 0.29) is 0 Å². The summed E-state index contributed by atoms with van der Waals surface area (Å²) in [7, 11) is 0. The molecule has 0 aliphatic rings. The van der Waals surface area contributed by atoms with Gasteiger partial charge in [-0.15, -0.1) is 0 Å². The SMILES string of the molecule is CCNc1nc(-c2ncc(C)cn2)nc(C)c1Br. The molecule has 0 atom stereocenters. The molecule has 0 spiro atoms. The van der Waals surface area contributed by atoms with Crippen LogP contribution >= 0.6 is 15.9 Å². The Kier molecular flexibility index (Phi) is 3.86. The molecule has 94 valence electrons. The molecule has 2 aromatic rings. The zero-order chi connectivity index (χ0) is 13.1. The standard InChI is InChI=1S/C12H14BrN5/c1-4-14-10-9(13)8(3)17-12(18-10)11-15-5-7(2)6-16-11/h5-6H,4H2,1-3H3,(H,14,17,18). The number of halogens is 1. The van der Waals surface area contributed by atoms with Gasteiger partial charge in [-0.1, -0.05) is 0 Å². The van der Waals surface area contributed by atoms with Gasteiger partial charge in [-0.2, -0.15) is 0 Å². The molecular weight excluding hydrogens is 294 g/mol. The first kappa shape index (κ1) is 12.9. The Bertz CT molecular complexity index is 553. The van der Waals surface area contributed by atoms with Crippen LogP contribution in [0.25, 0.3) is 11.6 Å². The summed E-state index contributed by atoms with van der Waals surface area (Å²) in [4.78, 5) is 17.3. The van der Waals surface area contributed by atoms with Crippen LogP contribution in [0.5, 0.6) is 0 Å². The van der Waals surface area contributed by atoms with Crippen molar-refractivity contribution in [3.05, 3.63) is 28.1 Å².